The molecule has 0 aliphatic carbocycles. The molecule has 0 aromatic heterocycles. The number of hydrogen-bond donors (Lipinski definition) is 2. The Morgan fingerprint density at radius 2 is 0.972 bits per heavy atom. The third-order valence-corrected chi connectivity index (χ3v) is 3.58. The average Bonchev–Trinajstić information content (AvgIpc) is 2.68. The molecule has 0 aliphatic heterocycles. The zero-order valence-corrected chi connectivity index (χ0v) is 24.6. The molecule has 0 unspecified atom stereocenters. The van der Waals surface area contributed by atoms with E-state index in [2.05, 4.69) is 48.0 Å². The summed E-state index contributed by atoms with van der Waals surface area (Å²) in [5, 5.41) is 31.9. The van der Waals surface area contributed by atoms with Crippen LogP contribution in [0.5, 0.6) is 0 Å². The van der Waals surface area contributed by atoms with Crippen LogP contribution < -0.4 is 40.3 Å². The number of halogens is 1. The summed E-state index contributed by atoms with van der Waals surface area (Å²) in [5.41, 5.74) is 10.4. The van der Waals surface area contributed by atoms with Gasteiger partial charge in [0, 0.05) is 26.2 Å². The van der Waals surface area contributed by atoms with Crippen LogP contribution in [0, 0.1) is 31.2 Å². The van der Waals surface area contributed by atoms with Crippen molar-refractivity contribution in [1.82, 2.24) is 9.80 Å². The Morgan fingerprint density at radius 1 is 0.778 bits per heavy atom. The van der Waals surface area contributed by atoms with E-state index >= 15 is 0 Å². The molecule has 15 nitrogen and oxygen atoms in total. The summed E-state index contributed by atoms with van der Waals surface area (Å²) in [5.74, 6) is -1.63. The molecule has 0 atom stereocenters. The van der Waals surface area contributed by atoms with Gasteiger partial charge in [-0.2, -0.15) is 0 Å². The van der Waals surface area contributed by atoms with E-state index in [1.807, 2.05) is 27.7 Å². The van der Waals surface area contributed by atoms with Gasteiger partial charge in [0.25, 0.3) is 0 Å². The number of nitrogens with zero attached hydrogens (tertiary/aromatic N) is 5. The Bertz CT molecular complexity index is 536. The minimum absolute atomic E-state index is 0. The SMILES string of the molecule is CC(C)(CN)CN=C([O-])C([O-])=NCC(C)(C)CN.CN(C)CCN(C)C.O=N[O-].[Cu+2].[Ni+2].[O-][Cl+3]([O-])([O-])[O-]. The average molecular weight is 640 g/mol. The molecule has 0 fully saturated rings. The Balaban J connectivity index is -0.000000104. The summed E-state index contributed by atoms with van der Waals surface area (Å²) in [6.07, 6.45) is 0. The molecule has 223 valence electrons. The molecule has 0 aromatic rings. The van der Waals surface area contributed by atoms with Crippen molar-refractivity contribution >= 4 is 11.8 Å². The second-order valence-electron chi connectivity index (χ2n) is 9.04. The fourth-order valence-corrected chi connectivity index (χ4v) is 1.24. The number of nitrogens with two attached hydrogens (primary N) is 2. The van der Waals surface area contributed by atoms with Crippen LogP contribution in [0.3, 0.4) is 0 Å². The molecule has 0 bridgehead atoms. The maximum absolute atomic E-state index is 11.4. The van der Waals surface area contributed by atoms with Gasteiger partial charge in [0.1, 0.15) is 0 Å². The molecule has 0 amide bonds. The van der Waals surface area contributed by atoms with Gasteiger partial charge in [0.05, 0.1) is 0 Å². The van der Waals surface area contributed by atoms with Gasteiger partial charge in [-0.1, -0.05) is 27.7 Å². The molecular formula is C18H40ClCuN7NiO8. The van der Waals surface area contributed by atoms with Crippen molar-refractivity contribution in [2.75, 3.05) is 67.5 Å². The minimum atomic E-state index is -4.94. The van der Waals surface area contributed by atoms with Crippen molar-refractivity contribution < 1.29 is 72.7 Å². The van der Waals surface area contributed by atoms with Crippen LogP contribution in [0.25, 0.3) is 0 Å². The van der Waals surface area contributed by atoms with Gasteiger partial charge in [-0.05, 0) is 63.9 Å². The first-order valence-electron chi connectivity index (χ1n) is 9.87. The largest absolute Gasteiger partial charge is 2.00 e. The van der Waals surface area contributed by atoms with Gasteiger partial charge in [0.2, 0.25) is 0 Å². The summed E-state index contributed by atoms with van der Waals surface area (Å²) >= 11 is 0. The smallest absolute Gasteiger partial charge is 0.858 e. The van der Waals surface area contributed by atoms with Gasteiger partial charge >= 0.3 is 33.6 Å². The van der Waals surface area contributed by atoms with Crippen LogP contribution in [0.1, 0.15) is 27.7 Å². The molecule has 4 N–H and O–H groups in total. The standard InChI is InChI=1S/C12H26N4O2.C6H16N2.ClHO4.Cu.HNO2.Ni/c1-11(2,5-13)7-15-9(17)10(18)16-8-12(3,4)6-14;1-7(2)5-6-8(3)4;2-1(3,4)5;;2-1-3;/h5-8,13-14H2,1-4H3,(H,15,17)(H,16,18);5-6H2,1-4H3;(H,2,3,4,5);;(H,2,3);/q;;;+2;;+2/p-4. The molecular weight excluding hydrogens is 600 g/mol. The predicted molar refractivity (Wildman–Crippen MR) is 117 cm³/mol. The molecule has 0 saturated heterocycles. The molecule has 1 radical (unpaired) electrons. The first kappa shape index (κ1) is 48.4. The van der Waals surface area contributed by atoms with E-state index in [0.717, 1.165) is 18.4 Å². The molecule has 0 rings (SSSR count). The van der Waals surface area contributed by atoms with Crippen LogP contribution >= 0.6 is 0 Å². The van der Waals surface area contributed by atoms with Crippen LogP contribution in [0.4, 0.5) is 0 Å². The Morgan fingerprint density at radius 3 is 1.11 bits per heavy atom. The maximum Gasteiger partial charge on any atom is 2.00 e. The van der Waals surface area contributed by atoms with Crippen molar-refractivity contribution in [3.63, 3.8) is 0 Å². The number of aliphatic imine (C=N–C) groups is 2. The second-order valence-corrected chi connectivity index (χ2v) is 9.79. The third kappa shape index (κ3) is 50.2. The monoisotopic (exact) mass is 638 g/mol. The summed E-state index contributed by atoms with van der Waals surface area (Å²) in [6, 6.07) is 0. The molecule has 18 heteroatoms. The van der Waals surface area contributed by atoms with Gasteiger partial charge in [-0.3, -0.25) is 9.98 Å². The van der Waals surface area contributed by atoms with Crippen molar-refractivity contribution in [2.45, 2.75) is 27.7 Å². The van der Waals surface area contributed by atoms with E-state index in [9.17, 15) is 10.2 Å². The van der Waals surface area contributed by atoms with Crippen LogP contribution in [0.15, 0.2) is 15.3 Å². The predicted octanol–water partition coefficient (Wildman–Crippen LogP) is -5.93. The first-order chi connectivity index (χ1) is 15.2. The molecule has 0 spiro atoms. The van der Waals surface area contributed by atoms with E-state index in [1.54, 1.807) is 0 Å². The Kier molecular flexibility index (Phi) is 34.9. The van der Waals surface area contributed by atoms with Crippen LogP contribution in [-0.2, 0) is 33.6 Å². The van der Waals surface area contributed by atoms with E-state index in [0.29, 0.717) is 13.1 Å². The van der Waals surface area contributed by atoms with E-state index in [-0.39, 0.29) is 57.5 Å². The molecule has 36 heavy (non-hydrogen) atoms. The van der Waals surface area contributed by atoms with Gasteiger partial charge in [0.15, 0.2) is 0 Å². The van der Waals surface area contributed by atoms with E-state index in [1.165, 1.54) is 0 Å². The van der Waals surface area contributed by atoms with Crippen LogP contribution in [0.2, 0.25) is 0 Å². The summed E-state index contributed by atoms with van der Waals surface area (Å²) < 4.78 is 34.0. The summed E-state index contributed by atoms with van der Waals surface area (Å²) in [4.78, 5) is 19.8. The number of likely N-dealkylation sites (N-methyl/N-ethyl adjacent to an activating group) is 2. The molecule has 0 aromatic carbocycles. The third-order valence-electron chi connectivity index (χ3n) is 3.58. The first-order valence-corrected chi connectivity index (χ1v) is 11.1. The molecule has 0 heterocycles. The quantitative estimate of drug-likeness (QED) is 0.0784. The Labute approximate surface area is 236 Å². The van der Waals surface area contributed by atoms with Gasteiger partial charge in [-0.15, -0.1) is 15.6 Å². The zero-order valence-electron chi connectivity index (χ0n) is 21.9. The van der Waals surface area contributed by atoms with E-state index < -0.39 is 22.0 Å². The second kappa shape index (κ2) is 26.0. The normalized spacial score (nSPS) is 12.0. The van der Waals surface area contributed by atoms with Crippen molar-refractivity contribution in [1.29, 1.82) is 0 Å². The Hall–Kier alpha value is -0.677. The van der Waals surface area contributed by atoms with Crippen LogP contribution in [-0.4, -0.2) is 89.1 Å². The summed E-state index contributed by atoms with van der Waals surface area (Å²) in [7, 11) is 3.40. The summed E-state index contributed by atoms with van der Waals surface area (Å²) in [6.45, 7) is 11.1. The topological polar surface area (TPSA) is 274 Å². The fraction of sp³-hybridized carbons (Fsp3) is 0.889. The molecule has 0 saturated carbocycles. The number of hydrogen-bond acceptors (Lipinski definition) is 15. The van der Waals surface area contributed by atoms with Crippen molar-refractivity contribution in [2.24, 2.45) is 37.6 Å². The van der Waals surface area contributed by atoms with Crippen molar-refractivity contribution in [3.8, 4) is 0 Å². The minimum Gasteiger partial charge on any atom is -0.858 e. The van der Waals surface area contributed by atoms with Gasteiger partial charge in [-0.25, -0.2) is 18.6 Å². The fourth-order valence-electron chi connectivity index (χ4n) is 1.24. The number of rotatable bonds is 9. The van der Waals surface area contributed by atoms with E-state index in [4.69, 9.17) is 40.2 Å². The zero-order chi connectivity index (χ0) is 28.2. The van der Waals surface area contributed by atoms with Crippen molar-refractivity contribution in [3.05, 3.63) is 10.1 Å². The van der Waals surface area contributed by atoms with Gasteiger partial charge < -0.3 is 41.6 Å². The molecule has 0 aliphatic rings. The maximum atomic E-state index is 11.4.